The molecule has 0 N–H and O–H groups in total. The highest BCUT2D eigenvalue weighted by Gasteiger charge is 2.22. The molecule has 1 aromatic carbocycles. The fraction of sp³-hybridized carbons (Fsp3) is 0.133. The Labute approximate surface area is 136 Å². The topological polar surface area (TPSA) is 81.4 Å². The minimum atomic E-state index is -3.63. The number of hydrogen-bond acceptors (Lipinski definition) is 6. The summed E-state index contributed by atoms with van der Waals surface area (Å²) in [5, 5.41) is 3.93. The van der Waals surface area contributed by atoms with Crippen LogP contribution in [-0.4, -0.2) is 23.0 Å². The minimum Gasteiger partial charge on any atom is -0.267 e. The highest BCUT2D eigenvalue weighted by atomic mass is 32.2. The standard InChI is InChI=1S/C15H13N3O3S2/c1-2-6-12-9-13(19)18-14(16-12)22-15(17-18)23(20,21)10-11-7-4-3-5-8-11/h2-9H,10H2,1H3. The zero-order valence-electron chi connectivity index (χ0n) is 12.2. The van der Waals surface area contributed by atoms with Crippen LogP contribution in [0.1, 0.15) is 18.2 Å². The van der Waals surface area contributed by atoms with Gasteiger partial charge in [0.05, 0.1) is 11.4 Å². The minimum absolute atomic E-state index is 0.108. The van der Waals surface area contributed by atoms with Gasteiger partial charge in [-0.3, -0.25) is 4.79 Å². The molecule has 2 heterocycles. The first kappa shape index (κ1) is 15.6. The predicted molar refractivity (Wildman–Crippen MR) is 89.2 cm³/mol. The summed E-state index contributed by atoms with van der Waals surface area (Å²) in [6.45, 7) is 1.81. The number of aromatic nitrogens is 3. The van der Waals surface area contributed by atoms with Crippen LogP contribution >= 0.6 is 11.3 Å². The lowest BCUT2D eigenvalue weighted by atomic mass is 10.2. The molecule has 8 heteroatoms. The van der Waals surface area contributed by atoms with E-state index in [2.05, 4.69) is 10.1 Å². The third-order valence-corrected chi connectivity index (χ3v) is 6.09. The van der Waals surface area contributed by atoms with Gasteiger partial charge in [0.15, 0.2) is 0 Å². The molecule has 0 fully saturated rings. The lowest BCUT2D eigenvalue weighted by molar-refractivity contribution is 0.592. The Kier molecular flexibility index (Phi) is 4.10. The monoisotopic (exact) mass is 347 g/mol. The van der Waals surface area contributed by atoms with Crippen molar-refractivity contribution in [2.75, 3.05) is 0 Å². The van der Waals surface area contributed by atoms with Crippen LogP contribution in [0, 0.1) is 0 Å². The van der Waals surface area contributed by atoms with E-state index in [1.165, 1.54) is 6.07 Å². The van der Waals surface area contributed by atoms with Gasteiger partial charge in [-0.05, 0) is 18.6 Å². The molecule has 0 aliphatic rings. The first-order valence-corrected chi connectivity index (χ1v) is 9.27. The maximum absolute atomic E-state index is 12.5. The van der Waals surface area contributed by atoms with Crippen LogP contribution in [0.3, 0.4) is 0 Å². The fourth-order valence-corrected chi connectivity index (χ4v) is 4.56. The molecule has 0 amide bonds. The van der Waals surface area contributed by atoms with E-state index in [1.54, 1.807) is 36.4 Å². The Morgan fingerprint density at radius 1 is 1.26 bits per heavy atom. The van der Waals surface area contributed by atoms with E-state index in [1.807, 2.05) is 13.0 Å². The van der Waals surface area contributed by atoms with Crippen LogP contribution in [-0.2, 0) is 15.6 Å². The fourth-order valence-electron chi connectivity index (χ4n) is 2.05. The van der Waals surface area contributed by atoms with Crippen LogP contribution in [0.2, 0.25) is 0 Å². The molecule has 23 heavy (non-hydrogen) atoms. The largest absolute Gasteiger partial charge is 0.275 e. The van der Waals surface area contributed by atoms with Crippen LogP contribution in [0.25, 0.3) is 11.0 Å². The second-order valence-electron chi connectivity index (χ2n) is 4.83. The molecule has 118 valence electrons. The second-order valence-corrected chi connectivity index (χ2v) is 7.95. The van der Waals surface area contributed by atoms with Crippen molar-refractivity contribution < 1.29 is 8.42 Å². The number of nitrogens with zero attached hydrogens (tertiary/aromatic N) is 3. The third kappa shape index (κ3) is 3.22. The molecule has 2 aromatic heterocycles. The van der Waals surface area contributed by atoms with Gasteiger partial charge >= 0.3 is 0 Å². The summed E-state index contributed by atoms with van der Waals surface area (Å²) in [7, 11) is -3.63. The quantitative estimate of drug-likeness (QED) is 0.722. The number of allylic oxidation sites excluding steroid dienone is 1. The number of sulfone groups is 1. The normalized spacial score (nSPS) is 12.2. The molecule has 0 aliphatic heterocycles. The van der Waals surface area contributed by atoms with Crippen molar-refractivity contribution in [3.05, 3.63) is 64.1 Å². The van der Waals surface area contributed by atoms with Crippen molar-refractivity contribution in [3.8, 4) is 0 Å². The van der Waals surface area contributed by atoms with E-state index >= 15 is 0 Å². The summed E-state index contributed by atoms with van der Waals surface area (Å²) < 4.78 is 25.9. The molecule has 0 atom stereocenters. The van der Waals surface area contributed by atoms with Crippen LogP contribution < -0.4 is 5.56 Å². The maximum Gasteiger partial charge on any atom is 0.275 e. The summed E-state index contributed by atoms with van der Waals surface area (Å²) in [4.78, 5) is 16.5. The smallest absolute Gasteiger partial charge is 0.267 e. The van der Waals surface area contributed by atoms with Crippen molar-refractivity contribution in [2.24, 2.45) is 0 Å². The van der Waals surface area contributed by atoms with E-state index in [0.717, 1.165) is 15.9 Å². The Morgan fingerprint density at radius 3 is 2.70 bits per heavy atom. The van der Waals surface area contributed by atoms with E-state index < -0.39 is 15.4 Å². The summed E-state index contributed by atoms with van der Waals surface area (Å²) in [5.74, 6) is -0.163. The van der Waals surface area contributed by atoms with Crippen LogP contribution in [0.5, 0.6) is 0 Å². The third-order valence-electron chi connectivity index (χ3n) is 3.05. The molecule has 0 spiro atoms. The van der Waals surface area contributed by atoms with E-state index in [9.17, 15) is 13.2 Å². The second kappa shape index (κ2) is 6.05. The molecule has 0 radical (unpaired) electrons. The van der Waals surface area contributed by atoms with Crippen LogP contribution in [0.15, 0.2) is 51.6 Å². The zero-order valence-corrected chi connectivity index (χ0v) is 13.8. The Bertz CT molecular complexity index is 1030. The lowest BCUT2D eigenvalue weighted by Gasteiger charge is -1.99. The van der Waals surface area contributed by atoms with Gasteiger partial charge in [-0.15, -0.1) is 5.10 Å². The number of benzene rings is 1. The highest BCUT2D eigenvalue weighted by Crippen LogP contribution is 2.21. The number of hydrogen-bond donors (Lipinski definition) is 0. The van der Waals surface area contributed by atoms with Crippen LogP contribution in [0.4, 0.5) is 0 Å². The first-order chi connectivity index (χ1) is 11.0. The van der Waals surface area contributed by atoms with Gasteiger partial charge in [0.2, 0.25) is 19.1 Å². The molecule has 3 rings (SSSR count). The van der Waals surface area contributed by atoms with Crippen molar-refractivity contribution in [1.29, 1.82) is 0 Å². The van der Waals surface area contributed by atoms with E-state index in [0.29, 0.717) is 11.3 Å². The average Bonchev–Trinajstić information content (AvgIpc) is 2.94. The van der Waals surface area contributed by atoms with Crippen molar-refractivity contribution in [2.45, 2.75) is 17.0 Å². The molecular weight excluding hydrogens is 334 g/mol. The summed E-state index contributed by atoms with van der Waals surface area (Å²) in [5.41, 5.74) is 0.746. The maximum atomic E-state index is 12.5. The Hall–Kier alpha value is -2.32. The first-order valence-electron chi connectivity index (χ1n) is 6.80. The molecule has 0 saturated heterocycles. The molecule has 0 aliphatic carbocycles. The summed E-state index contributed by atoms with van der Waals surface area (Å²) in [6, 6.07) is 10.2. The molecular formula is C15H13N3O3S2. The van der Waals surface area contributed by atoms with Gasteiger partial charge in [0, 0.05) is 6.07 Å². The Balaban J connectivity index is 2.06. The van der Waals surface area contributed by atoms with Gasteiger partial charge in [-0.1, -0.05) is 47.7 Å². The highest BCUT2D eigenvalue weighted by molar-refractivity contribution is 7.92. The molecule has 6 nitrogen and oxygen atoms in total. The van der Waals surface area contributed by atoms with Gasteiger partial charge in [0.25, 0.3) is 5.56 Å². The summed E-state index contributed by atoms with van der Waals surface area (Å²) in [6.07, 6.45) is 3.44. The zero-order chi connectivity index (χ0) is 16.4. The predicted octanol–water partition coefficient (Wildman–Crippen LogP) is 2.16. The SMILES string of the molecule is CC=Cc1cc(=O)n2nc(S(=O)(=O)Cc3ccccc3)sc2n1. The van der Waals surface area contributed by atoms with E-state index in [-0.39, 0.29) is 15.1 Å². The van der Waals surface area contributed by atoms with Gasteiger partial charge in [-0.25, -0.2) is 13.4 Å². The Morgan fingerprint density at radius 2 is 2.00 bits per heavy atom. The molecule has 3 aromatic rings. The van der Waals surface area contributed by atoms with Gasteiger partial charge in [0.1, 0.15) is 0 Å². The van der Waals surface area contributed by atoms with Gasteiger partial charge in [-0.2, -0.15) is 4.52 Å². The summed E-state index contributed by atoms with van der Waals surface area (Å²) >= 11 is 0.897. The lowest BCUT2D eigenvalue weighted by Crippen LogP contribution is -2.15. The number of fused-ring (bicyclic) bond motifs is 1. The molecule has 0 saturated carbocycles. The van der Waals surface area contributed by atoms with E-state index in [4.69, 9.17) is 0 Å². The van der Waals surface area contributed by atoms with Gasteiger partial charge < -0.3 is 0 Å². The average molecular weight is 347 g/mol. The van der Waals surface area contributed by atoms with Crippen molar-refractivity contribution in [3.63, 3.8) is 0 Å². The van der Waals surface area contributed by atoms with Crippen molar-refractivity contribution >= 4 is 32.2 Å². The molecule has 0 bridgehead atoms. The molecule has 0 unspecified atom stereocenters. The number of rotatable bonds is 4. The van der Waals surface area contributed by atoms with Crippen molar-refractivity contribution in [1.82, 2.24) is 14.6 Å².